The van der Waals surface area contributed by atoms with Crippen molar-refractivity contribution in [3.63, 3.8) is 0 Å². The Balaban J connectivity index is 2.14. The van der Waals surface area contributed by atoms with E-state index < -0.39 is 0 Å². The second-order valence-electron chi connectivity index (χ2n) is 6.00. The number of nitrogens with one attached hydrogen (secondary N) is 1. The second-order valence-corrected chi connectivity index (χ2v) is 7.30. The van der Waals surface area contributed by atoms with Crippen LogP contribution in [0.2, 0.25) is 0 Å². The van der Waals surface area contributed by atoms with Gasteiger partial charge in [-0.25, -0.2) is 0 Å². The Labute approximate surface area is 162 Å². The fourth-order valence-corrected chi connectivity index (χ4v) is 2.64. The van der Waals surface area contributed by atoms with Crippen LogP contribution < -0.4 is 15.0 Å². The van der Waals surface area contributed by atoms with Crippen LogP contribution in [0.1, 0.15) is 24.2 Å². The van der Waals surface area contributed by atoms with Crippen LogP contribution in [-0.4, -0.2) is 24.7 Å². The molecule has 0 unspecified atom stereocenters. The monoisotopic (exact) mass is 420 g/mol. The van der Waals surface area contributed by atoms with Gasteiger partial charge in [-0.1, -0.05) is 48.0 Å². The number of rotatable bonds is 5. The zero-order valence-electron chi connectivity index (χ0n) is 14.5. The molecule has 2 aromatic rings. The first-order valence-corrected chi connectivity index (χ1v) is 9.15. The summed E-state index contributed by atoms with van der Waals surface area (Å²) >= 11 is 8.76. The van der Waals surface area contributed by atoms with Crippen molar-refractivity contribution in [2.24, 2.45) is 5.92 Å². The first-order valence-electron chi connectivity index (χ1n) is 7.95. The van der Waals surface area contributed by atoms with E-state index in [1.807, 2.05) is 43.4 Å². The number of carbonyl (C=O) groups is 1. The average Bonchev–Trinajstić information content (AvgIpc) is 2.60. The zero-order valence-corrected chi connectivity index (χ0v) is 16.9. The van der Waals surface area contributed by atoms with E-state index in [2.05, 4.69) is 35.1 Å². The van der Waals surface area contributed by atoms with Gasteiger partial charge >= 0.3 is 0 Å². The Morgan fingerprint density at radius 2 is 1.92 bits per heavy atom. The molecule has 0 saturated heterocycles. The maximum absolute atomic E-state index is 12.7. The van der Waals surface area contributed by atoms with E-state index in [1.54, 1.807) is 17.0 Å². The highest BCUT2D eigenvalue weighted by Crippen LogP contribution is 2.24. The third-order valence-electron chi connectivity index (χ3n) is 3.43. The molecule has 0 saturated carbocycles. The minimum absolute atomic E-state index is 0.298. The van der Waals surface area contributed by atoms with Gasteiger partial charge in [0.2, 0.25) is 0 Å². The average molecular weight is 421 g/mol. The number of benzene rings is 2. The molecule has 0 aliphatic heterocycles. The van der Waals surface area contributed by atoms with Crippen molar-refractivity contribution in [3.8, 4) is 5.75 Å². The molecule has 0 bridgehead atoms. The number of nitrogens with zero attached hydrogens (tertiary/aromatic N) is 1. The van der Waals surface area contributed by atoms with Crippen molar-refractivity contribution in [1.29, 1.82) is 0 Å². The molecular weight excluding hydrogens is 400 g/mol. The van der Waals surface area contributed by atoms with E-state index >= 15 is 0 Å². The fraction of sp³-hybridized carbons (Fsp3) is 0.263. The van der Waals surface area contributed by atoms with E-state index in [0.717, 1.165) is 10.2 Å². The summed E-state index contributed by atoms with van der Waals surface area (Å²) in [6.07, 6.45) is 0. The first-order chi connectivity index (χ1) is 11.9. The minimum atomic E-state index is -0.298. The zero-order chi connectivity index (χ0) is 18.4. The Morgan fingerprint density at radius 3 is 2.56 bits per heavy atom. The number of carbonyl (C=O) groups excluding carboxylic acids is 1. The van der Waals surface area contributed by atoms with Gasteiger partial charge in [-0.15, -0.1) is 0 Å². The second kappa shape index (κ2) is 8.97. The van der Waals surface area contributed by atoms with Gasteiger partial charge in [-0.3, -0.25) is 10.1 Å². The molecule has 4 nitrogen and oxygen atoms in total. The van der Waals surface area contributed by atoms with Crippen LogP contribution in [0.5, 0.6) is 5.75 Å². The maximum Gasteiger partial charge on any atom is 0.261 e. The van der Waals surface area contributed by atoms with Crippen molar-refractivity contribution in [2.75, 3.05) is 18.6 Å². The van der Waals surface area contributed by atoms with Gasteiger partial charge in [-0.2, -0.15) is 0 Å². The third kappa shape index (κ3) is 5.54. The molecule has 0 aliphatic rings. The molecule has 0 aliphatic carbocycles. The fourth-order valence-electron chi connectivity index (χ4n) is 2.08. The van der Waals surface area contributed by atoms with E-state index in [4.69, 9.17) is 17.0 Å². The molecule has 0 spiro atoms. The molecule has 1 N–H and O–H groups in total. The van der Waals surface area contributed by atoms with Crippen LogP contribution in [0.25, 0.3) is 0 Å². The minimum Gasteiger partial charge on any atom is -0.492 e. The predicted octanol–water partition coefficient (Wildman–Crippen LogP) is 4.64. The van der Waals surface area contributed by atoms with Crippen molar-refractivity contribution >= 4 is 44.9 Å². The molecule has 1 amide bonds. The summed E-state index contributed by atoms with van der Waals surface area (Å²) in [6.45, 7) is 4.65. The van der Waals surface area contributed by atoms with Gasteiger partial charge in [-0.05, 0) is 48.5 Å². The van der Waals surface area contributed by atoms with Crippen LogP contribution in [0, 0.1) is 5.92 Å². The summed E-state index contributed by atoms with van der Waals surface area (Å²) in [6, 6.07) is 15.0. The summed E-state index contributed by atoms with van der Waals surface area (Å²) in [5, 5.41) is 3.09. The van der Waals surface area contributed by atoms with Crippen molar-refractivity contribution in [3.05, 3.63) is 58.6 Å². The van der Waals surface area contributed by atoms with Gasteiger partial charge in [0.15, 0.2) is 5.11 Å². The number of amides is 1. The van der Waals surface area contributed by atoms with E-state index in [0.29, 0.717) is 29.0 Å². The number of thiocarbonyl (C=S) groups is 1. The normalized spacial score (nSPS) is 10.4. The van der Waals surface area contributed by atoms with E-state index in [1.165, 1.54) is 0 Å². The van der Waals surface area contributed by atoms with Gasteiger partial charge in [0.25, 0.3) is 5.91 Å². The molecular formula is C19H21BrN2O2S. The molecule has 0 aromatic heterocycles. The third-order valence-corrected chi connectivity index (χ3v) is 4.30. The number of anilines is 1. The largest absolute Gasteiger partial charge is 0.492 e. The molecule has 2 aromatic carbocycles. The first kappa shape index (κ1) is 19.4. The summed E-state index contributed by atoms with van der Waals surface area (Å²) in [7, 11) is 1.81. The van der Waals surface area contributed by atoms with Crippen molar-refractivity contribution in [1.82, 2.24) is 5.32 Å². The summed E-state index contributed by atoms with van der Waals surface area (Å²) in [5.41, 5.74) is 1.34. The van der Waals surface area contributed by atoms with E-state index in [-0.39, 0.29) is 5.91 Å². The molecule has 132 valence electrons. The van der Waals surface area contributed by atoms with Crippen molar-refractivity contribution in [2.45, 2.75) is 13.8 Å². The number of hydrogen-bond acceptors (Lipinski definition) is 3. The Morgan fingerprint density at radius 1 is 1.24 bits per heavy atom. The molecule has 0 radical (unpaired) electrons. The smallest absolute Gasteiger partial charge is 0.261 e. The summed E-state index contributed by atoms with van der Waals surface area (Å²) in [4.78, 5) is 14.4. The molecule has 0 atom stereocenters. The van der Waals surface area contributed by atoms with Gasteiger partial charge < -0.3 is 9.64 Å². The van der Waals surface area contributed by atoms with Crippen molar-refractivity contribution < 1.29 is 9.53 Å². The highest BCUT2D eigenvalue weighted by atomic mass is 79.9. The van der Waals surface area contributed by atoms with Crippen LogP contribution in [0.15, 0.2) is 53.0 Å². The lowest BCUT2D eigenvalue weighted by Gasteiger charge is -2.21. The lowest BCUT2D eigenvalue weighted by atomic mass is 10.2. The number of ether oxygens (including phenoxy) is 1. The maximum atomic E-state index is 12.7. The van der Waals surface area contributed by atoms with Crippen LogP contribution in [0.3, 0.4) is 0 Å². The van der Waals surface area contributed by atoms with Gasteiger partial charge in [0.1, 0.15) is 5.75 Å². The number of halogens is 1. The van der Waals surface area contributed by atoms with Gasteiger partial charge in [0, 0.05) is 17.2 Å². The van der Waals surface area contributed by atoms with Crippen LogP contribution >= 0.6 is 28.1 Å². The predicted molar refractivity (Wildman–Crippen MR) is 109 cm³/mol. The topological polar surface area (TPSA) is 41.6 Å². The molecule has 2 rings (SSSR count). The number of para-hydroxylation sites is 1. The van der Waals surface area contributed by atoms with Crippen LogP contribution in [-0.2, 0) is 0 Å². The van der Waals surface area contributed by atoms with Gasteiger partial charge in [0.05, 0.1) is 12.2 Å². The number of hydrogen-bond donors (Lipinski definition) is 1. The standard InChI is InChI=1S/C19H21BrN2O2S/c1-13(2)12-24-17-10-9-14(20)11-16(17)18(23)21-19(25)22(3)15-7-5-4-6-8-15/h4-11,13H,12H2,1-3H3,(H,21,23,25). The highest BCUT2D eigenvalue weighted by molar-refractivity contribution is 9.10. The Hall–Kier alpha value is -1.92. The SMILES string of the molecule is CC(C)COc1ccc(Br)cc1C(=O)NC(=S)N(C)c1ccccc1. The Bertz CT molecular complexity index is 750. The van der Waals surface area contributed by atoms with E-state index in [9.17, 15) is 4.79 Å². The lowest BCUT2D eigenvalue weighted by Crippen LogP contribution is -2.40. The van der Waals surface area contributed by atoms with Crippen LogP contribution in [0.4, 0.5) is 5.69 Å². The highest BCUT2D eigenvalue weighted by Gasteiger charge is 2.17. The summed E-state index contributed by atoms with van der Waals surface area (Å²) in [5.74, 6) is 0.609. The Kier molecular flexibility index (Phi) is 6.96. The molecule has 6 heteroatoms. The lowest BCUT2D eigenvalue weighted by molar-refractivity contribution is 0.0972. The molecule has 0 fully saturated rings. The quantitative estimate of drug-likeness (QED) is 0.715. The molecule has 25 heavy (non-hydrogen) atoms. The molecule has 0 heterocycles. The summed E-state index contributed by atoms with van der Waals surface area (Å²) < 4.78 is 6.57.